The summed E-state index contributed by atoms with van der Waals surface area (Å²) in [5, 5.41) is 25.9. The van der Waals surface area contributed by atoms with E-state index in [4.69, 9.17) is 15.4 Å². The molecule has 9 heavy (non-hydrogen) atoms. The third-order valence-electron chi connectivity index (χ3n) is 1.19. The van der Waals surface area contributed by atoms with E-state index < -0.39 is 18.2 Å². The molecule has 0 spiro atoms. The Balaban J connectivity index is 3.68. The molecule has 4 heteroatoms. The van der Waals surface area contributed by atoms with E-state index in [1.54, 1.807) is 5.48 Å². The molecule has 0 amide bonds. The van der Waals surface area contributed by atoms with Gasteiger partial charge in [0.05, 0.1) is 18.2 Å². The number of aliphatic hydroxyl groups excluding tert-OH is 2. The molecule has 0 aromatic heterocycles. The maximum absolute atomic E-state index is 8.80. The number of nitrogens with one attached hydrogen (secondary N) is 1. The van der Waals surface area contributed by atoms with E-state index in [-0.39, 0.29) is 0 Å². The van der Waals surface area contributed by atoms with Crippen LogP contribution in [0.25, 0.3) is 0 Å². The van der Waals surface area contributed by atoms with Crippen LogP contribution in [0.4, 0.5) is 0 Å². The third kappa shape index (κ3) is 2.76. The number of rotatable bonds is 3. The largest absolute Gasteiger partial charge is 0.392 e. The summed E-state index contributed by atoms with van der Waals surface area (Å²) >= 11 is 0. The van der Waals surface area contributed by atoms with Crippen molar-refractivity contribution in [1.29, 1.82) is 0 Å². The molecule has 0 rings (SSSR count). The van der Waals surface area contributed by atoms with Gasteiger partial charge in [-0.2, -0.15) is 5.48 Å². The van der Waals surface area contributed by atoms with Gasteiger partial charge in [-0.25, -0.2) is 0 Å². The van der Waals surface area contributed by atoms with Crippen molar-refractivity contribution in [2.75, 3.05) is 0 Å². The molecular formula is C5H13NO3. The molecule has 0 aromatic carbocycles. The fourth-order valence-electron chi connectivity index (χ4n) is 0.619. The maximum atomic E-state index is 8.80. The van der Waals surface area contributed by atoms with Gasteiger partial charge in [0.15, 0.2) is 0 Å². The first-order valence-electron chi connectivity index (χ1n) is 2.85. The molecule has 2 unspecified atom stereocenters. The number of hydroxylamine groups is 1. The highest BCUT2D eigenvalue weighted by Gasteiger charge is 2.18. The maximum Gasteiger partial charge on any atom is 0.0832 e. The minimum absolute atomic E-state index is 0.662. The van der Waals surface area contributed by atoms with Crippen LogP contribution in [0.3, 0.4) is 0 Å². The van der Waals surface area contributed by atoms with Crippen molar-refractivity contribution in [2.24, 2.45) is 0 Å². The lowest BCUT2D eigenvalue weighted by Crippen LogP contribution is -2.44. The smallest absolute Gasteiger partial charge is 0.0832 e. The van der Waals surface area contributed by atoms with Crippen molar-refractivity contribution in [3.05, 3.63) is 0 Å². The summed E-state index contributed by atoms with van der Waals surface area (Å²) in [7, 11) is 0. The van der Waals surface area contributed by atoms with Gasteiger partial charge < -0.3 is 15.4 Å². The molecule has 0 aliphatic carbocycles. The Morgan fingerprint density at radius 2 is 1.44 bits per heavy atom. The van der Waals surface area contributed by atoms with Crippen LogP contribution in [0.5, 0.6) is 0 Å². The zero-order valence-electron chi connectivity index (χ0n) is 5.57. The molecule has 4 nitrogen and oxygen atoms in total. The lowest BCUT2D eigenvalue weighted by Gasteiger charge is -2.20. The summed E-state index contributed by atoms with van der Waals surface area (Å²) < 4.78 is 0. The van der Waals surface area contributed by atoms with Crippen LogP contribution in [-0.4, -0.2) is 33.7 Å². The topological polar surface area (TPSA) is 72.7 Å². The molecular weight excluding hydrogens is 122 g/mol. The quantitative estimate of drug-likeness (QED) is 0.378. The predicted octanol–water partition coefficient (Wildman–Crippen LogP) is -0.905. The highest BCUT2D eigenvalue weighted by Crippen LogP contribution is 1.96. The monoisotopic (exact) mass is 135 g/mol. The minimum atomic E-state index is -0.755. The van der Waals surface area contributed by atoms with Gasteiger partial charge in [0.1, 0.15) is 0 Å². The molecule has 0 aliphatic rings. The van der Waals surface area contributed by atoms with Gasteiger partial charge in [0, 0.05) is 0 Å². The highest BCUT2D eigenvalue weighted by atomic mass is 16.5. The van der Waals surface area contributed by atoms with Crippen LogP contribution in [0.2, 0.25) is 0 Å². The fourth-order valence-corrected chi connectivity index (χ4v) is 0.619. The molecule has 0 radical (unpaired) electrons. The summed E-state index contributed by atoms with van der Waals surface area (Å²) in [5.74, 6) is 0. The van der Waals surface area contributed by atoms with E-state index in [1.165, 1.54) is 13.8 Å². The second kappa shape index (κ2) is 3.79. The second-order valence-electron chi connectivity index (χ2n) is 2.14. The SMILES string of the molecule is CC(O)C(NO)C(C)O. The lowest BCUT2D eigenvalue weighted by molar-refractivity contribution is -0.0119. The summed E-state index contributed by atoms with van der Waals surface area (Å²) in [4.78, 5) is 0. The van der Waals surface area contributed by atoms with E-state index in [0.29, 0.717) is 0 Å². The van der Waals surface area contributed by atoms with Gasteiger partial charge in [0.25, 0.3) is 0 Å². The minimum Gasteiger partial charge on any atom is -0.392 e. The summed E-state index contributed by atoms with van der Waals surface area (Å²) in [5.41, 5.74) is 1.80. The van der Waals surface area contributed by atoms with Gasteiger partial charge in [-0.1, -0.05) is 0 Å². The molecule has 4 N–H and O–H groups in total. The first-order valence-corrected chi connectivity index (χ1v) is 2.85. The molecule has 0 heterocycles. The summed E-state index contributed by atoms with van der Waals surface area (Å²) in [6, 6.07) is -0.662. The Labute approximate surface area is 54.1 Å². The van der Waals surface area contributed by atoms with Gasteiger partial charge in [-0.15, -0.1) is 0 Å². The first-order chi connectivity index (χ1) is 4.09. The van der Waals surface area contributed by atoms with E-state index in [2.05, 4.69) is 0 Å². The molecule has 0 fully saturated rings. The second-order valence-corrected chi connectivity index (χ2v) is 2.14. The fraction of sp³-hybridized carbons (Fsp3) is 1.00. The third-order valence-corrected chi connectivity index (χ3v) is 1.19. The van der Waals surface area contributed by atoms with Crippen molar-refractivity contribution >= 4 is 0 Å². The molecule has 0 saturated heterocycles. The van der Waals surface area contributed by atoms with Gasteiger partial charge in [-0.05, 0) is 13.8 Å². The van der Waals surface area contributed by atoms with Gasteiger partial charge in [0.2, 0.25) is 0 Å². The van der Waals surface area contributed by atoms with E-state index in [0.717, 1.165) is 0 Å². The molecule has 0 bridgehead atoms. The normalized spacial score (nSPS) is 21.0. The van der Waals surface area contributed by atoms with Crippen LogP contribution < -0.4 is 5.48 Å². The van der Waals surface area contributed by atoms with E-state index in [9.17, 15) is 0 Å². The number of hydrogen-bond acceptors (Lipinski definition) is 4. The zero-order chi connectivity index (χ0) is 7.44. The van der Waals surface area contributed by atoms with Gasteiger partial charge >= 0.3 is 0 Å². The standard InChI is InChI=1S/C5H13NO3/c1-3(7)5(6-9)4(2)8/h3-9H,1-2H3. The molecule has 0 aromatic rings. The van der Waals surface area contributed by atoms with Crippen molar-refractivity contribution < 1.29 is 15.4 Å². The first kappa shape index (κ1) is 8.84. The number of hydrogen-bond donors (Lipinski definition) is 4. The lowest BCUT2D eigenvalue weighted by atomic mass is 10.1. The Bertz CT molecular complexity index is 66.6. The van der Waals surface area contributed by atoms with Crippen molar-refractivity contribution in [3.63, 3.8) is 0 Å². The summed E-state index contributed by atoms with van der Waals surface area (Å²) in [6.07, 6.45) is -1.51. The Morgan fingerprint density at radius 1 is 1.11 bits per heavy atom. The Kier molecular flexibility index (Phi) is 3.72. The average molecular weight is 135 g/mol. The number of aliphatic hydroxyl groups is 2. The van der Waals surface area contributed by atoms with Crippen molar-refractivity contribution in [1.82, 2.24) is 5.48 Å². The molecule has 56 valence electrons. The van der Waals surface area contributed by atoms with Crippen LogP contribution in [-0.2, 0) is 0 Å². The van der Waals surface area contributed by atoms with Gasteiger partial charge in [-0.3, -0.25) is 0 Å². The van der Waals surface area contributed by atoms with Crippen LogP contribution >= 0.6 is 0 Å². The van der Waals surface area contributed by atoms with Crippen LogP contribution in [0.1, 0.15) is 13.8 Å². The zero-order valence-corrected chi connectivity index (χ0v) is 5.57. The van der Waals surface area contributed by atoms with Crippen molar-refractivity contribution in [2.45, 2.75) is 32.1 Å². The Morgan fingerprint density at radius 3 is 1.44 bits per heavy atom. The average Bonchev–Trinajstić information content (AvgIpc) is 1.64. The van der Waals surface area contributed by atoms with Crippen LogP contribution in [0.15, 0.2) is 0 Å². The molecule has 0 saturated carbocycles. The van der Waals surface area contributed by atoms with E-state index >= 15 is 0 Å². The highest BCUT2D eigenvalue weighted by molar-refractivity contribution is 4.73. The van der Waals surface area contributed by atoms with Crippen LogP contribution in [0, 0.1) is 0 Å². The van der Waals surface area contributed by atoms with Crippen molar-refractivity contribution in [3.8, 4) is 0 Å². The summed E-state index contributed by atoms with van der Waals surface area (Å²) in [6.45, 7) is 2.97. The van der Waals surface area contributed by atoms with E-state index in [1.807, 2.05) is 0 Å². The predicted molar refractivity (Wildman–Crippen MR) is 32.1 cm³/mol. The molecule has 0 aliphatic heterocycles. The molecule has 2 atom stereocenters. The Hall–Kier alpha value is -0.160.